The molecule has 51 heteroatoms. The van der Waals surface area contributed by atoms with Gasteiger partial charge in [0.25, 0.3) is 0 Å². The molecule has 0 atom stereocenters. The van der Waals surface area contributed by atoms with Gasteiger partial charge in [-0.2, -0.15) is 0 Å². The molecule has 3 nitrogen and oxygen atoms in total. The van der Waals surface area contributed by atoms with Gasteiger partial charge in [-0.3, -0.25) is 0 Å². The van der Waals surface area contributed by atoms with Crippen LogP contribution >= 0.6 is 0 Å². The molecule has 59 heavy (non-hydrogen) atoms. The van der Waals surface area contributed by atoms with Gasteiger partial charge in [0.05, 0.1) is 0 Å². The summed E-state index contributed by atoms with van der Waals surface area (Å²) in [4.78, 5) is 0. The summed E-state index contributed by atoms with van der Waals surface area (Å²) in [5.41, 5.74) is 10.2. The van der Waals surface area contributed by atoms with E-state index >= 15 is 0 Å². The van der Waals surface area contributed by atoms with Gasteiger partial charge in [0.1, 0.15) is 0 Å². The second-order valence-electron chi connectivity index (χ2n) is 0.799. The zero-order valence-electron chi connectivity index (χ0n) is 30.5. The van der Waals surface area contributed by atoms with Crippen LogP contribution in [0.25, 0.3) is 0 Å². The molecule has 226 valence electrons. The largest absolute Gasteiger partial charge is 0.455 e. The number of rotatable bonds is 4. The maximum absolute atomic E-state index is 5.12. The van der Waals surface area contributed by atoms with Crippen LogP contribution in [0.3, 0.4) is 0 Å². The third-order valence-electron chi connectivity index (χ3n) is 0.311. The number of hydrogen-bond acceptors (Lipinski definition) is 3. The van der Waals surface area contributed by atoms with Crippen molar-refractivity contribution in [2.45, 2.75) is 44.6 Å². The van der Waals surface area contributed by atoms with Crippen LogP contribution in [0.2, 0.25) is 0 Å². The van der Waals surface area contributed by atoms with E-state index in [1.165, 1.54) is 0 Å². The molecule has 50 radical (unpaired) electrons. The summed E-state index contributed by atoms with van der Waals surface area (Å²) in [5, 5.41) is 0. The molecule has 0 bridgehead atoms. The van der Waals surface area contributed by atoms with Crippen molar-refractivity contribution in [3.8, 4) is 0 Å². The minimum Gasteiger partial charge on any atom is -0.455 e. The van der Waals surface area contributed by atoms with Crippen molar-refractivity contribution in [3.05, 3.63) is 0 Å². The molecule has 0 aliphatic carbocycles. The van der Waals surface area contributed by atoms with E-state index in [2.05, 4.69) is 0 Å². The second-order valence-corrected chi connectivity index (χ2v) is 3.01. The first-order chi connectivity index (χ1) is 3.41. The third kappa shape index (κ3) is 412. The summed E-state index contributed by atoms with van der Waals surface area (Å²) in [6.45, 7) is 0. The average Bonchev–Trinajstić information content (AvgIpc) is 1.69. The Kier molecular flexibility index (Phi) is 2760. The maximum atomic E-state index is 5.12. The summed E-state index contributed by atoms with van der Waals surface area (Å²) < 4.78 is 4.94. The average molecular weight is 4320 g/mol. The van der Waals surface area contributed by atoms with Crippen molar-refractivity contribution < 1.29 is 1510 Å². The molecule has 4 N–H and O–H groups in total. The van der Waals surface area contributed by atoms with Crippen molar-refractivity contribution in [3.63, 3.8) is 0 Å². The number of hydrogen-bond donors (Lipinski definition) is 2. The Morgan fingerprint density at radius 1 is 0.169 bits per heavy atom. The SMILES string of the molecule is C.C.C.C.C.C.NC[Si]O[Si]CN.[Y].[Y].[Y].[Y].[Y].[Y].[Y].[Y].[Y].[Y].[Y].[Y].[Y].[Y].[Y].[Y].[Y].[Y].[Y].[Y].[Y].[Y].[Y].[Y].[Y].[Y].[Y].[Y].[Y].[Y].[Y].[Y].[Y].[Y].[Y].[Y].[Y].[Y].[Y].[Y].[Y].[Y].[Y].[Y].[Y].[Y]. The van der Waals surface area contributed by atoms with E-state index in [1.54, 1.807) is 0 Å². The quantitative estimate of drug-likeness (QED) is 0.334. The Morgan fingerprint density at radius 2 is 0.220 bits per heavy atom. The fourth-order valence-corrected chi connectivity index (χ4v) is 1.21. The molecule has 0 aliphatic heterocycles. The summed E-state index contributed by atoms with van der Waals surface area (Å²) in [7, 11) is 0.864. The summed E-state index contributed by atoms with van der Waals surface area (Å²) in [5.74, 6) is 0. The first kappa shape index (κ1) is 402. The molecule has 0 fully saturated rings. The molecule has 0 aromatic carbocycles. The van der Waals surface area contributed by atoms with Gasteiger partial charge in [-0.15, -0.1) is 0 Å². The molecule has 0 aromatic heterocycles. The van der Waals surface area contributed by atoms with Gasteiger partial charge < -0.3 is 15.6 Å². The van der Waals surface area contributed by atoms with Crippen molar-refractivity contribution in [2.75, 3.05) is 12.3 Å². The first-order valence-electron chi connectivity index (χ1n) is 1.93. The molecule has 0 aliphatic rings. The van der Waals surface area contributed by atoms with Gasteiger partial charge in [-0.05, 0) is 0 Å². The molecule has 0 amide bonds. The molecule has 0 saturated heterocycles. The topological polar surface area (TPSA) is 61.3 Å². The van der Waals surface area contributed by atoms with E-state index in [9.17, 15) is 0 Å². The predicted molar refractivity (Wildman–Crippen MR) is 71.1 cm³/mol. The Balaban J connectivity index is -0.000000000136. The van der Waals surface area contributed by atoms with Crippen LogP contribution in [0.15, 0.2) is 0 Å². The molecule has 0 unspecified atom stereocenters. The second kappa shape index (κ2) is 405. The van der Waals surface area contributed by atoms with Gasteiger partial charge >= 0.3 is 0 Å². The Morgan fingerprint density at radius 3 is 0.254 bits per heavy atom. The summed E-state index contributed by atoms with van der Waals surface area (Å²) in [6, 6.07) is 0. The maximum Gasteiger partial charge on any atom is 0.230 e. The smallest absolute Gasteiger partial charge is 0.230 e. The minimum atomic E-state index is 0. The van der Waals surface area contributed by atoms with Crippen LogP contribution in [0.1, 0.15) is 44.6 Å². The fraction of sp³-hybridized carbons (Fsp3) is 1.00. The van der Waals surface area contributed by atoms with Gasteiger partial charge in [0.2, 0.25) is 19.5 Å². The summed E-state index contributed by atoms with van der Waals surface area (Å²) >= 11 is 0. The van der Waals surface area contributed by atoms with E-state index in [0.29, 0.717) is 31.9 Å². The molecule has 0 rings (SSSR count). The Bertz CT molecular complexity index is 84.2. The fourth-order valence-electron chi connectivity index (χ4n) is 0.134. The molecular weight excluding hydrogens is 4290 g/mol. The monoisotopic (exact) mass is 4320 g/mol. The Hall–Kier alpha value is 51.1. The van der Waals surface area contributed by atoms with Gasteiger partial charge in [-0.25, -0.2) is 0 Å². The zero-order chi connectivity index (χ0) is 5.54. The zero-order valence-corrected chi connectivity index (χ0v) is 163. The predicted octanol–water partition coefficient (Wildman–Crippen LogP) is 1.78. The van der Waals surface area contributed by atoms with Crippen molar-refractivity contribution in [2.24, 2.45) is 11.5 Å². The van der Waals surface area contributed by atoms with Gasteiger partial charge in [0, 0.05) is 1520 Å². The van der Waals surface area contributed by atoms with Gasteiger partial charge in [-0.1, -0.05) is 44.6 Å². The van der Waals surface area contributed by atoms with Crippen LogP contribution in [-0.4, -0.2) is 31.9 Å². The van der Waals surface area contributed by atoms with Crippen molar-refractivity contribution >= 4 is 19.5 Å². The van der Waals surface area contributed by atoms with Crippen LogP contribution < -0.4 is 11.5 Å². The van der Waals surface area contributed by atoms with Crippen LogP contribution in [0, 0.1) is 0 Å². The van der Waals surface area contributed by atoms with Gasteiger partial charge in [0.15, 0.2) is 0 Å². The van der Waals surface area contributed by atoms with Crippen LogP contribution in [-0.2, 0) is 1510 Å². The third-order valence-corrected chi connectivity index (χ3v) is 1.80. The summed E-state index contributed by atoms with van der Waals surface area (Å²) in [6.07, 6.45) is 1.24. The van der Waals surface area contributed by atoms with Crippen molar-refractivity contribution in [1.29, 1.82) is 0 Å². The van der Waals surface area contributed by atoms with E-state index in [-0.39, 0.29) is 1550 Å². The van der Waals surface area contributed by atoms with E-state index in [1.807, 2.05) is 0 Å². The molecule has 0 heterocycles. The molecular formula is C8H32N2OSi2Y46. The van der Waals surface area contributed by atoms with E-state index in [0.717, 1.165) is 0 Å². The molecule has 0 aromatic rings. The van der Waals surface area contributed by atoms with Crippen molar-refractivity contribution in [1.82, 2.24) is 0 Å². The number of nitrogens with two attached hydrogens (primary N) is 2. The normalized spacial score (nSPS) is 1.12. The van der Waals surface area contributed by atoms with Crippen LogP contribution in [0.4, 0.5) is 0 Å². The van der Waals surface area contributed by atoms with Crippen LogP contribution in [0.5, 0.6) is 0 Å². The van der Waals surface area contributed by atoms with E-state index < -0.39 is 0 Å². The standard InChI is InChI=1S/C2H8N2OSi2.6CH4.46Y/c3-1-6-5-7-2-4;;;;;;;;;;;;;;;;;;;;;;;;;;;;;;;;;;;;;;;;;;;;;;;;;;;;/h1-4H2;6*1H4;;;;;;;;;;;;;;;;;;;;;;;;;;;;;;;;;;;;;;;;;;;;;;. The Labute approximate surface area is 1540 Å². The minimum absolute atomic E-state index is 0. The van der Waals surface area contributed by atoms with E-state index in [4.69, 9.17) is 15.6 Å². The molecule has 0 saturated carbocycles. The molecule has 0 spiro atoms. The first-order valence-corrected chi connectivity index (χ1v) is 4.16.